The van der Waals surface area contributed by atoms with E-state index in [2.05, 4.69) is 6.58 Å². The van der Waals surface area contributed by atoms with E-state index in [0.717, 1.165) is 16.7 Å². The van der Waals surface area contributed by atoms with E-state index < -0.39 is 17.2 Å². The molecule has 4 atom stereocenters. The van der Waals surface area contributed by atoms with Crippen LogP contribution in [0.25, 0.3) is 0 Å². The minimum absolute atomic E-state index is 0.0268. The Morgan fingerprint density at radius 2 is 1.74 bits per heavy atom. The number of benzene rings is 2. The van der Waals surface area contributed by atoms with Crippen molar-refractivity contribution in [3.63, 3.8) is 0 Å². The first-order valence-corrected chi connectivity index (χ1v) is 9.35. The number of hydrogen-bond acceptors (Lipinski definition) is 3. The maximum atomic E-state index is 13.7. The summed E-state index contributed by atoms with van der Waals surface area (Å²) in [6, 6.07) is 17.3. The Kier molecular flexibility index (Phi) is 4.21. The predicted molar refractivity (Wildman–Crippen MR) is 104 cm³/mol. The van der Waals surface area contributed by atoms with Gasteiger partial charge in [-0.05, 0) is 31.4 Å². The van der Waals surface area contributed by atoms with E-state index >= 15 is 0 Å². The van der Waals surface area contributed by atoms with E-state index in [0.29, 0.717) is 6.42 Å². The van der Waals surface area contributed by atoms with Gasteiger partial charge in [-0.2, -0.15) is 0 Å². The number of nitrogens with zero attached hydrogens (tertiary/aromatic N) is 1. The smallest absolute Gasteiger partial charge is 0.236 e. The number of aliphatic hydroxyl groups is 1. The topological polar surface area (TPSA) is 49.8 Å². The first-order valence-electron chi connectivity index (χ1n) is 9.35. The lowest BCUT2D eigenvalue weighted by atomic mass is 9.70. The van der Waals surface area contributed by atoms with Crippen molar-refractivity contribution in [3.05, 3.63) is 83.9 Å². The maximum absolute atomic E-state index is 13.7. The molecule has 0 aromatic heterocycles. The Morgan fingerprint density at radius 3 is 2.37 bits per heavy atom. The van der Waals surface area contributed by atoms with E-state index in [-0.39, 0.29) is 18.6 Å². The van der Waals surface area contributed by atoms with Crippen molar-refractivity contribution in [1.82, 2.24) is 4.90 Å². The fourth-order valence-electron chi connectivity index (χ4n) is 4.72. The van der Waals surface area contributed by atoms with Gasteiger partial charge >= 0.3 is 0 Å². The molecule has 1 fully saturated rings. The predicted octanol–water partition coefficient (Wildman–Crippen LogP) is 3.67. The van der Waals surface area contributed by atoms with Gasteiger partial charge in [-0.1, -0.05) is 60.7 Å². The van der Waals surface area contributed by atoms with Gasteiger partial charge in [0.05, 0.1) is 18.1 Å². The van der Waals surface area contributed by atoms with Gasteiger partial charge in [-0.3, -0.25) is 4.79 Å². The minimum Gasteiger partial charge on any atom is -0.394 e. The Morgan fingerprint density at radius 1 is 1.11 bits per heavy atom. The van der Waals surface area contributed by atoms with Gasteiger partial charge in [0.15, 0.2) is 5.72 Å². The molecule has 140 valence electrons. The molecule has 2 heterocycles. The molecule has 1 N–H and O–H groups in total. The third-order valence-corrected chi connectivity index (χ3v) is 6.08. The van der Waals surface area contributed by atoms with Crippen LogP contribution in [0, 0.1) is 0 Å². The molecule has 0 saturated carbocycles. The van der Waals surface area contributed by atoms with Crippen LogP contribution in [0.3, 0.4) is 0 Å². The summed E-state index contributed by atoms with van der Waals surface area (Å²) in [6.45, 7) is 7.59. The van der Waals surface area contributed by atoms with Gasteiger partial charge in [0.1, 0.15) is 6.10 Å². The number of ether oxygens (including phenoxy) is 1. The molecule has 2 aromatic rings. The second-order valence-electron chi connectivity index (χ2n) is 7.73. The fraction of sp³-hybridized carbons (Fsp3) is 0.348. The van der Waals surface area contributed by atoms with Gasteiger partial charge < -0.3 is 14.7 Å². The molecule has 2 aliphatic rings. The van der Waals surface area contributed by atoms with E-state index in [9.17, 15) is 9.90 Å². The van der Waals surface area contributed by atoms with Crippen molar-refractivity contribution >= 4 is 5.91 Å². The molecular weight excluding hydrogens is 338 g/mol. The van der Waals surface area contributed by atoms with Crippen LogP contribution in [0.5, 0.6) is 0 Å². The van der Waals surface area contributed by atoms with Crippen LogP contribution in [-0.4, -0.2) is 28.6 Å². The van der Waals surface area contributed by atoms with Crippen LogP contribution in [-0.2, 0) is 20.7 Å². The van der Waals surface area contributed by atoms with Crippen molar-refractivity contribution in [1.29, 1.82) is 0 Å². The molecule has 27 heavy (non-hydrogen) atoms. The maximum Gasteiger partial charge on any atom is 0.236 e. The number of carbonyl (C=O) groups excluding carboxylic acids is 1. The Balaban J connectivity index is 1.92. The van der Waals surface area contributed by atoms with Crippen molar-refractivity contribution < 1.29 is 14.6 Å². The summed E-state index contributed by atoms with van der Waals surface area (Å²) in [5.74, 6) is -0.0268. The van der Waals surface area contributed by atoms with E-state index in [4.69, 9.17) is 4.74 Å². The van der Waals surface area contributed by atoms with Crippen LogP contribution < -0.4 is 0 Å². The lowest BCUT2D eigenvalue weighted by molar-refractivity contribution is -0.163. The summed E-state index contributed by atoms with van der Waals surface area (Å²) in [4.78, 5) is 15.5. The molecule has 4 heteroatoms. The molecule has 0 unspecified atom stereocenters. The highest BCUT2D eigenvalue weighted by Gasteiger charge is 2.61. The van der Waals surface area contributed by atoms with Gasteiger partial charge in [-0.15, -0.1) is 6.58 Å². The molecule has 1 amide bonds. The lowest BCUT2D eigenvalue weighted by Crippen LogP contribution is -2.59. The van der Waals surface area contributed by atoms with Gasteiger partial charge in [-0.25, -0.2) is 0 Å². The number of carbonyl (C=O) groups is 1. The fourth-order valence-corrected chi connectivity index (χ4v) is 4.72. The highest BCUT2D eigenvalue weighted by Crippen LogP contribution is 2.54. The van der Waals surface area contributed by atoms with E-state index in [1.54, 1.807) is 11.0 Å². The zero-order valence-electron chi connectivity index (χ0n) is 15.8. The van der Waals surface area contributed by atoms with E-state index in [1.807, 2.05) is 68.4 Å². The van der Waals surface area contributed by atoms with Crippen molar-refractivity contribution in [2.45, 2.75) is 43.6 Å². The Labute approximate surface area is 160 Å². The summed E-state index contributed by atoms with van der Waals surface area (Å²) >= 11 is 0. The molecule has 0 spiro atoms. The average molecular weight is 363 g/mol. The van der Waals surface area contributed by atoms with Crippen molar-refractivity contribution in [2.75, 3.05) is 6.61 Å². The molecule has 4 nitrogen and oxygen atoms in total. The van der Waals surface area contributed by atoms with E-state index in [1.165, 1.54) is 0 Å². The third kappa shape index (κ3) is 2.40. The zero-order valence-corrected chi connectivity index (χ0v) is 15.8. The number of fused-ring (bicyclic) bond motifs is 3. The van der Waals surface area contributed by atoms with Gasteiger partial charge in [0.25, 0.3) is 0 Å². The molecule has 2 aromatic carbocycles. The Bertz CT molecular complexity index is 880. The first kappa shape index (κ1) is 18.0. The second-order valence-corrected chi connectivity index (χ2v) is 7.73. The number of hydrogen-bond donors (Lipinski definition) is 1. The normalized spacial score (nSPS) is 32.1. The number of aliphatic hydroxyl groups excluding tert-OH is 1. The average Bonchev–Trinajstić information content (AvgIpc) is 3.01. The third-order valence-electron chi connectivity index (χ3n) is 6.08. The zero-order chi connectivity index (χ0) is 19.2. The van der Waals surface area contributed by atoms with Crippen LogP contribution >= 0.6 is 0 Å². The molecule has 0 aliphatic carbocycles. The number of amides is 1. The quantitative estimate of drug-likeness (QED) is 0.844. The Hall–Kier alpha value is -2.43. The highest BCUT2D eigenvalue weighted by molar-refractivity contribution is 5.92. The highest BCUT2D eigenvalue weighted by atomic mass is 16.5. The minimum atomic E-state index is -0.914. The van der Waals surface area contributed by atoms with Crippen LogP contribution in [0.2, 0.25) is 0 Å². The summed E-state index contributed by atoms with van der Waals surface area (Å²) in [5, 5.41) is 10.2. The first-order chi connectivity index (χ1) is 13.0. The molecule has 2 aliphatic heterocycles. The van der Waals surface area contributed by atoms with Gasteiger partial charge in [0.2, 0.25) is 5.91 Å². The SMILES string of the molecule is C=CC[C@]1(C)C(=O)N2[C@@H](CO)[C@H](c3ccccc3)O[C@]2(C)c2ccccc21. The summed E-state index contributed by atoms with van der Waals surface area (Å²) in [5.41, 5.74) is 1.27. The molecule has 0 radical (unpaired) electrons. The van der Waals surface area contributed by atoms with Gasteiger partial charge in [0, 0.05) is 5.56 Å². The van der Waals surface area contributed by atoms with Crippen LogP contribution in [0.4, 0.5) is 0 Å². The largest absolute Gasteiger partial charge is 0.394 e. The standard InChI is InChI=1S/C23H25NO3/c1-4-14-22(2)17-12-8-9-13-18(17)23(3)24(21(22)26)19(15-25)20(27-23)16-10-6-5-7-11-16/h4-13,19-20,25H,1,14-15H2,2-3H3/t19-,20-,22-,23+/m0/s1. The van der Waals surface area contributed by atoms with Crippen LogP contribution in [0.1, 0.15) is 43.1 Å². The monoisotopic (exact) mass is 363 g/mol. The van der Waals surface area contributed by atoms with Crippen molar-refractivity contribution in [2.24, 2.45) is 0 Å². The van der Waals surface area contributed by atoms with Crippen molar-refractivity contribution in [3.8, 4) is 0 Å². The van der Waals surface area contributed by atoms with Crippen LogP contribution in [0.15, 0.2) is 67.3 Å². The number of allylic oxidation sites excluding steroid dienone is 1. The summed E-state index contributed by atoms with van der Waals surface area (Å²) < 4.78 is 6.53. The molecule has 4 rings (SSSR count). The molecule has 1 saturated heterocycles. The molecule has 0 bridgehead atoms. The summed E-state index contributed by atoms with van der Waals surface area (Å²) in [7, 11) is 0. The summed E-state index contributed by atoms with van der Waals surface area (Å²) in [6.07, 6.45) is 1.93. The molecular formula is C23H25NO3. The lowest BCUT2D eigenvalue weighted by Gasteiger charge is -2.48. The second kappa shape index (κ2) is 6.32. The number of rotatable bonds is 4.